The van der Waals surface area contributed by atoms with Gasteiger partial charge in [-0.3, -0.25) is 4.79 Å². The smallest absolute Gasteiger partial charge is 0.166 e. The summed E-state index contributed by atoms with van der Waals surface area (Å²) in [5.74, 6) is 0. The predicted octanol–water partition coefficient (Wildman–Crippen LogP) is 2.80. The zero-order chi connectivity index (χ0) is 11.5. The Morgan fingerprint density at radius 1 is 1.69 bits per heavy atom. The van der Waals surface area contributed by atoms with Gasteiger partial charge in [-0.05, 0) is 41.3 Å². The molecular formula is C12H16BrNO2. The highest BCUT2D eigenvalue weighted by molar-refractivity contribution is 9.10. The zero-order valence-corrected chi connectivity index (χ0v) is 11.0. The van der Waals surface area contributed by atoms with Gasteiger partial charge in [0.1, 0.15) is 0 Å². The maximum absolute atomic E-state index is 11.0. The van der Waals surface area contributed by atoms with Gasteiger partial charge in [0, 0.05) is 23.3 Å². The topological polar surface area (TPSA) is 31.2 Å². The molecule has 0 aliphatic carbocycles. The number of carbonyl (C=O) groups excluding carboxylic acids is 1. The Hall–Kier alpha value is -0.610. The lowest BCUT2D eigenvalue weighted by Crippen LogP contribution is -2.18. The van der Waals surface area contributed by atoms with E-state index in [0.29, 0.717) is 0 Å². The lowest BCUT2D eigenvalue weighted by molar-refractivity contribution is 0.0946. The van der Waals surface area contributed by atoms with Gasteiger partial charge in [0.2, 0.25) is 0 Å². The average Bonchev–Trinajstić information content (AvgIpc) is 2.87. The summed E-state index contributed by atoms with van der Waals surface area (Å²) in [6, 6.07) is 1.89. The molecule has 0 radical (unpaired) electrons. The van der Waals surface area contributed by atoms with Crippen LogP contribution in [0.25, 0.3) is 0 Å². The first-order valence-corrected chi connectivity index (χ1v) is 6.50. The quantitative estimate of drug-likeness (QED) is 0.797. The molecular weight excluding hydrogens is 270 g/mol. The van der Waals surface area contributed by atoms with Crippen molar-refractivity contribution in [1.29, 1.82) is 0 Å². The van der Waals surface area contributed by atoms with Gasteiger partial charge in [0.25, 0.3) is 0 Å². The second-order valence-electron chi connectivity index (χ2n) is 4.08. The van der Waals surface area contributed by atoms with Crippen LogP contribution in [0.4, 0.5) is 0 Å². The molecule has 0 N–H and O–H groups in total. The van der Waals surface area contributed by atoms with Crippen molar-refractivity contribution in [3.63, 3.8) is 0 Å². The van der Waals surface area contributed by atoms with Crippen molar-refractivity contribution in [3.8, 4) is 0 Å². The molecule has 0 spiro atoms. The third-order valence-corrected chi connectivity index (χ3v) is 3.74. The average molecular weight is 286 g/mol. The number of aldehydes is 1. The first-order valence-electron chi connectivity index (χ1n) is 5.71. The summed E-state index contributed by atoms with van der Waals surface area (Å²) < 4.78 is 8.71. The number of hydrogen-bond donors (Lipinski definition) is 0. The molecule has 4 heteroatoms. The van der Waals surface area contributed by atoms with E-state index in [2.05, 4.69) is 27.4 Å². The van der Waals surface area contributed by atoms with E-state index in [9.17, 15) is 4.79 Å². The number of nitrogens with zero attached hydrogens (tertiary/aromatic N) is 1. The summed E-state index contributed by atoms with van der Waals surface area (Å²) in [5.41, 5.74) is 1.91. The van der Waals surface area contributed by atoms with Crippen LogP contribution in [0, 0.1) is 0 Å². The van der Waals surface area contributed by atoms with Crippen LogP contribution in [0.3, 0.4) is 0 Å². The molecule has 0 bridgehead atoms. The van der Waals surface area contributed by atoms with Crippen LogP contribution in [-0.4, -0.2) is 23.6 Å². The van der Waals surface area contributed by atoms with Gasteiger partial charge in [-0.15, -0.1) is 0 Å². The summed E-state index contributed by atoms with van der Waals surface area (Å²) in [6.45, 7) is 3.74. The Kier molecular flexibility index (Phi) is 3.82. The van der Waals surface area contributed by atoms with Crippen LogP contribution in [0.15, 0.2) is 10.5 Å². The summed E-state index contributed by atoms with van der Waals surface area (Å²) in [6.07, 6.45) is 4.32. The fraction of sp³-hybridized carbons (Fsp3) is 0.583. The van der Waals surface area contributed by atoms with E-state index in [1.54, 1.807) is 0 Å². The van der Waals surface area contributed by atoms with Crippen molar-refractivity contribution < 1.29 is 9.53 Å². The normalized spacial score (nSPS) is 20.2. The van der Waals surface area contributed by atoms with Crippen molar-refractivity contribution >= 4 is 22.2 Å². The molecule has 0 saturated carbocycles. The fourth-order valence-electron chi connectivity index (χ4n) is 2.24. The van der Waals surface area contributed by atoms with Crippen molar-refractivity contribution in [1.82, 2.24) is 4.57 Å². The van der Waals surface area contributed by atoms with E-state index in [1.807, 2.05) is 6.07 Å². The van der Waals surface area contributed by atoms with Gasteiger partial charge in [-0.25, -0.2) is 0 Å². The largest absolute Gasteiger partial charge is 0.376 e. The monoisotopic (exact) mass is 285 g/mol. The lowest BCUT2D eigenvalue weighted by atomic mass is 10.2. The molecule has 2 rings (SSSR count). The standard InChI is InChI=1S/C12H16BrNO2/c1-2-12-11(13)6-9(8-15)14(12)7-10-4-3-5-16-10/h6,8,10H,2-5,7H2,1H3. The summed E-state index contributed by atoms with van der Waals surface area (Å²) >= 11 is 3.50. The first kappa shape index (κ1) is 11.9. The van der Waals surface area contributed by atoms with Crippen molar-refractivity contribution in [3.05, 3.63) is 21.9 Å². The number of rotatable bonds is 4. The highest BCUT2D eigenvalue weighted by Gasteiger charge is 2.19. The van der Waals surface area contributed by atoms with E-state index < -0.39 is 0 Å². The van der Waals surface area contributed by atoms with E-state index in [-0.39, 0.29) is 6.10 Å². The Labute approximate surface area is 104 Å². The molecule has 0 aromatic carbocycles. The minimum absolute atomic E-state index is 0.267. The molecule has 1 atom stereocenters. The molecule has 0 amide bonds. The molecule has 1 saturated heterocycles. The van der Waals surface area contributed by atoms with Gasteiger partial charge in [0.05, 0.1) is 11.8 Å². The fourth-order valence-corrected chi connectivity index (χ4v) is 2.97. The summed E-state index contributed by atoms with van der Waals surface area (Å²) in [7, 11) is 0. The molecule has 1 aliphatic heterocycles. The van der Waals surface area contributed by atoms with E-state index in [0.717, 1.165) is 48.9 Å². The highest BCUT2D eigenvalue weighted by atomic mass is 79.9. The first-order chi connectivity index (χ1) is 7.76. The molecule has 2 heterocycles. The zero-order valence-electron chi connectivity index (χ0n) is 9.41. The maximum Gasteiger partial charge on any atom is 0.166 e. The third-order valence-electron chi connectivity index (χ3n) is 3.05. The molecule has 1 fully saturated rings. The number of hydrogen-bond acceptors (Lipinski definition) is 2. The Morgan fingerprint density at radius 3 is 3.06 bits per heavy atom. The molecule has 1 aromatic rings. The van der Waals surface area contributed by atoms with Crippen LogP contribution in [0.1, 0.15) is 35.9 Å². The SMILES string of the molecule is CCc1c(Br)cc(C=O)n1CC1CCCO1. The Morgan fingerprint density at radius 2 is 2.50 bits per heavy atom. The van der Waals surface area contributed by atoms with Crippen LogP contribution in [0.2, 0.25) is 0 Å². The minimum Gasteiger partial charge on any atom is -0.376 e. The summed E-state index contributed by atoms with van der Waals surface area (Å²) in [5, 5.41) is 0. The lowest BCUT2D eigenvalue weighted by Gasteiger charge is -2.15. The third kappa shape index (κ3) is 2.23. The van der Waals surface area contributed by atoms with Crippen molar-refractivity contribution in [2.24, 2.45) is 0 Å². The van der Waals surface area contributed by atoms with Gasteiger partial charge in [-0.2, -0.15) is 0 Å². The Bertz CT molecular complexity index is 381. The van der Waals surface area contributed by atoms with Crippen LogP contribution in [-0.2, 0) is 17.7 Å². The number of halogens is 1. The minimum atomic E-state index is 0.267. The second kappa shape index (κ2) is 5.15. The summed E-state index contributed by atoms with van der Waals surface area (Å²) in [4.78, 5) is 11.0. The van der Waals surface area contributed by atoms with E-state index >= 15 is 0 Å². The van der Waals surface area contributed by atoms with Crippen LogP contribution in [0.5, 0.6) is 0 Å². The van der Waals surface area contributed by atoms with Gasteiger partial charge in [0.15, 0.2) is 6.29 Å². The van der Waals surface area contributed by atoms with Gasteiger partial charge >= 0.3 is 0 Å². The van der Waals surface area contributed by atoms with Gasteiger partial charge < -0.3 is 9.30 Å². The van der Waals surface area contributed by atoms with Crippen molar-refractivity contribution in [2.75, 3.05) is 6.61 Å². The highest BCUT2D eigenvalue weighted by Crippen LogP contribution is 2.24. The Balaban J connectivity index is 2.25. The van der Waals surface area contributed by atoms with Crippen LogP contribution >= 0.6 is 15.9 Å². The molecule has 16 heavy (non-hydrogen) atoms. The predicted molar refractivity (Wildman–Crippen MR) is 65.9 cm³/mol. The second-order valence-corrected chi connectivity index (χ2v) is 4.94. The molecule has 88 valence electrons. The number of ether oxygens (including phenoxy) is 1. The van der Waals surface area contributed by atoms with Gasteiger partial charge in [-0.1, -0.05) is 6.92 Å². The molecule has 1 aliphatic rings. The van der Waals surface area contributed by atoms with Crippen molar-refractivity contribution in [2.45, 2.75) is 38.8 Å². The van der Waals surface area contributed by atoms with E-state index in [1.165, 1.54) is 5.69 Å². The molecule has 1 unspecified atom stereocenters. The van der Waals surface area contributed by atoms with E-state index in [4.69, 9.17) is 4.74 Å². The molecule has 1 aromatic heterocycles. The molecule has 3 nitrogen and oxygen atoms in total. The van der Waals surface area contributed by atoms with Crippen LogP contribution < -0.4 is 0 Å². The maximum atomic E-state index is 11.0. The number of aromatic nitrogens is 1. The number of carbonyl (C=O) groups is 1.